The second-order valence-corrected chi connectivity index (χ2v) is 4.40. The van der Waals surface area contributed by atoms with Crippen molar-refractivity contribution >= 4 is 22.7 Å². The Bertz CT molecular complexity index is 545. The van der Waals surface area contributed by atoms with E-state index in [-0.39, 0.29) is 5.56 Å². The van der Waals surface area contributed by atoms with Gasteiger partial charge in [-0.1, -0.05) is 18.2 Å². The standard InChI is InChI=1S/C12H13NOS/c1-8-9-5-3-4-6-11(9)13-12(14)10(8)7-15-2/h3-6H,7H2,1-2H3,(H,13,14). The quantitative estimate of drug-likeness (QED) is 0.842. The number of pyridine rings is 1. The molecule has 0 aliphatic heterocycles. The van der Waals surface area contributed by atoms with Crippen LogP contribution in [0.25, 0.3) is 10.9 Å². The molecule has 0 atom stereocenters. The van der Waals surface area contributed by atoms with Gasteiger partial charge in [-0.05, 0) is 24.8 Å². The number of hydrogen-bond donors (Lipinski definition) is 1. The highest BCUT2D eigenvalue weighted by Crippen LogP contribution is 2.19. The van der Waals surface area contributed by atoms with Crippen molar-refractivity contribution in [2.24, 2.45) is 0 Å². The minimum atomic E-state index is 0.0422. The van der Waals surface area contributed by atoms with Gasteiger partial charge in [-0.15, -0.1) is 0 Å². The summed E-state index contributed by atoms with van der Waals surface area (Å²) < 4.78 is 0. The van der Waals surface area contributed by atoms with Crippen molar-refractivity contribution in [3.63, 3.8) is 0 Å². The van der Waals surface area contributed by atoms with Gasteiger partial charge in [-0.25, -0.2) is 0 Å². The third-order valence-electron chi connectivity index (χ3n) is 2.59. The molecule has 0 aliphatic carbocycles. The van der Waals surface area contributed by atoms with Gasteiger partial charge in [0.05, 0.1) is 0 Å². The number of hydrogen-bond acceptors (Lipinski definition) is 2. The first-order chi connectivity index (χ1) is 7.24. The number of nitrogens with one attached hydrogen (secondary N) is 1. The van der Waals surface area contributed by atoms with E-state index < -0.39 is 0 Å². The molecule has 0 saturated carbocycles. The molecule has 1 aromatic carbocycles. The predicted octanol–water partition coefficient (Wildman–Crippen LogP) is 2.70. The molecule has 3 heteroatoms. The SMILES string of the molecule is CSCc1c(C)c2ccccc2[nH]c1=O. The predicted molar refractivity (Wildman–Crippen MR) is 66.5 cm³/mol. The van der Waals surface area contributed by atoms with Crippen molar-refractivity contribution in [2.75, 3.05) is 6.26 Å². The molecule has 0 bridgehead atoms. The fourth-order valence-electron chi connectivity index (χ4n) is 1.77. The average Bonchev–Trinajstić information content (AvgIpc) is 2.24. The number of rotatable bonds is 2. The Morgan fingerprint density at radius 3 is 2.80 bits per heavy atom. The number of para-hydroxylation sites is 1. The zero-order chi connectivity index (χ0) is 10.8. The smallest absolute Gasteiger partial charge is 0.252 e. The summed E-state index contributed by atoms with van der Waals surface area (Å²) in [5, 5.41) is 1.14. The Morgan fingerprint density at radius 1 is 1.33 bits per heavy atom. The summed E-state index contributed by atoms with van der Waals surface area (Å²) in [4.78, 5) is 14.7. The highest BCUT2D eigenvalue weighted by Gasteiger charge is 2.07. The van der Waals surface area contributed by atoms with Gasteiger partial charge in [0.25, 0.3) is 5.56 Å². The molecule has 0 radical (unpaired) electrons. The molecule has 0 spiro atoms. The first-order valence-corrected chi connectivity index (χ1v) is 6.23. The molecule has 0 unspecified atom stereocenters. The number of aromatic amines is 1. The van der Waals surface area contributed by atoms with Crippen molar-refractivity contribution in [1.82, 2.24) is 4.98 Å². The number of thioether (sulfide) groups is 1. The zero-order valence-electron chi connectivity index (χ0n) is 8.83. The summed E-state index contributed by atoms with van der Waals surface area (Å²) in [6.45, 7) is 2.02. The lowest BCUT2D eigenvalue weighted by atomic mass is 10.1. The maximum absolute atomic E-state index is 11.8. The Kier molecular flexibility index (Phi) is 2.82. The molecule has 0 amide bonds. The molecule has 0 fully saturated rings. The van der Waals surface area contributed by atoms with Crippen LogP contribution < -0.4 is 5.56 Å². The Morgan fingerprint density at radius 2 is 2.07 bits per heavy atom. The Hall–Kier alpha value is -1.22. The van der Waals surface area contributed by atoms with Crippen LogP contribution >= 0.6 is 11.8 Å². The van der Waals surface area contributed by atoms with E-state index in [1.807, 2.05) is 37.4 Å². The third kappa shape index (κ3) is 1.79. The number of H-pyrrole nitrogens is 1. The number of aryl methyl sites for hydroxylation is 1. The van der Waals surface area contributed by atoms with E-state index in [4.69, 9.17) is 0 Å². The van der Waals surface area contributed by atoms with Gasteiger partial charge in [0.2, 0.25) is 0 Å². The summed E-state index contributed by atoms with van der Waals surface area (Å²) in [6, 6.07) is 7.92. The maximum Gasteiger partial charge on any atom is 0.252 e. The normalized spacial score (nSPS) is 10.8. The van der Waals surface area contributed by atoms with Crippen LogP contribution in [0, 0.1) is 6.92 Å². The van der Waals surface area contributed by atoms with Gasteiger partial charge < -0.3 is 4.98 Å². The maximum atomic E-state index is 11.8. The molecule has 0 saturated heterocycles. The van der Waals surface area contributed by atoms with E-state index >= 15 is 0 Å². The van der Waals surface area contributed by atoms with Crippen LogP contribution in [-0.4, -0.2) is 11.2 Å². The van der Waals surface area contributed by atoms with Crippen LogP contribution in [0.5, 0.6) is 0 Å². The fourth-order valence-corrected chi connectivity index (χ4v) is 2.40. The molecule has 2 rings (SSSR count). The van der Waals surface area contributed by atoms with Gasteiger partial charge in [-0.2, -0.15) is 11.8 Å². The Labute approximate surface area is 92.7 Å². The topological polar surface area (TPSA) is 32.9 Å². The second-order valence-electron chi connectivity index (χ2n) is 3.54. The van der Waals surface area contributed by atoms with E-state index in [0.717, 1.165) is 27.8 Å². The largest absolute Gasteiger partial charge is 0.322 e. The highest BCUT2D eigenvalue weighted by molar-refractivity contribution is 7.97. The van der Waals surface area contributed by atoms with E-state index in [1.54, 1.807) is 11.8 Å². The highest BCUT2D eigenvalue weighted by atomic mass is 32.2. The summed E-state index contributed by atoms with van der Waals surface area (Å²) in [5.74, 6) is 0.770. The van der Waals surface area contributed by atoms with Crippen molar-refractivity contribution in [1.29, 1.82) is 0 Å². The minimum Gasteiger partial charge on any atom is -0.322 e. The molecular formula is C12H13NOS. The van der Waals surface area contributed by atoms with Crippen LogP contribution in [0.1, 0.15) is 11.1 Å². The van der Waals surface area contributed by atoms with Crippen molar-refractivity contribution in [2.45, 2.75) is 12.7 Å². The van der Waals surface area contributed by atoms with E-state index in [9.17, 15) is 4.79 Å². The van der Waals surface area contributed by atoms with Crippen molar-refractivity contribution in [3.8, 4) is 0 Å². The van der Waals surface area contributed by atoms with Gasteiger partial charge >= 0.3 is 0 Å². The van der Waals surface area contributed by atoms with Crippen molar-refractivity contribution in [3.05, 3.63) is 45.7 Å². The van der Waals surface area contributed by atoms with Crippen LogP contribution in [0.2, 0.25) is 0 Å². The fraction of sp³-hybridized carbons (Fsp3) is 0.250. The zero-order valence-corrected chi connectivity index (χ0v) is 9.65. The molecule has 15 heavy (non-hydrogen) atoms. The Balaban J connectivity index is 2.78. The minimum absolute atomic E-state index is 0.0422. The van der Waals surface area contributed by atoms with Gasteiger partial charge in [0.1, 0.15) is 0 Å². The molecular weight excluding hydrogens is 206 g/mol. The molecule has 0 aliphatic rings. The monoisotopic (exact) mass is 219 g/mol. The number of aromatic nitrogens is 1. The summed E-state index contributed by atoms with van der Waals surface area (Å²) >= 11 is 1.67. The van der Waals surface area contributed by atoms with E-state index in [1.165, 1.54) is 0 Å². The molecule has 1 heterocycles. The lowest BCUT2D eigenvalue weighted by molar-refractivity contribution is 1.18. The average molecular weight is 219 g/mol. The molecule has 78 valence electrons. The van der Waals surface area contributed by atoms with Crippen LogP contribution in [0.15, 0.2) is 29.1 Å². The molecule has 1 N–H and O–H groups in total. The van der Waals surface area contributed by atoms with Crippen LogP contribution in [-0.2, 0) is 5.75 Å². The van der Waals surface area contributed by atoms with E-state index in [0.29, 0.717) is 0 Å². The first kappa shape index (κ1) is 10.3. The lowest BCUT2D eigenvalue weighted by Crippen LogP contribution is -2.13. The van der Waals surface area contributed by atoms with Gasteiger partial charge in [0, 0.05) is 22.2 Å². The van der Waals surface area contributed by atoms with Gasteiger partial charge in [0.15, 0.2) is 0 Å². The number of fused-ring (bicyclic) bond motifs is 1. The molecule has 2 nitrogen and oxygen atoms in total. The summed E-state index contributed by atoms with van der Waals surface area (Å²) in [6.07, 6.45) is 2.01. The van der Waals surface area contributed by atoms with Gasteiger partial charge in [-0.3, -0.25) is 4.79 Å². The first-order valence-electron chi connectivity index (χ1n) is 4.83. The third-order valence-corrected chi connectivity index (χ3v) is 3.17. The molecule has 2 aromatic rings. The van der Waals surface area contributed by atoms with E-state index in [2.05, 4.69) is 4.98 Å². The summed E-state index contributed by atoms with van der Waals surface area (Å²) in [5.41, 5.74) is 2.95. The number of benzene rings is 1. The van der Waals surface area contributed by atoms with Crippen LogP contribution in [0.4, 0.5) is 0 Å². The molecule has 1 aromatic heterocycles. The lowest BCUT2D eigenvalue weighted by Gasteiger charge is -2.07. The van der Waals surface area contributed by atoms with Crippen molar-refractivity contribution < 1.29 is 0 Å². The second kappa shape index (κ2) is 4.11. The van der Waals surface area contributed by atoms with Crippen LogP contribution in [0.3, 0.4) is 0 Å². The summed E-state index contributed by atoms with van der Waals surface area (Å²) in [7, 11) is 0.